The highest BCUT2D eigenvalue weighted by Gasteiger charge is 2.37. The molecule has 1 aromatic heterocycles. The maximum Gasteiger partial charge on any atom is 0.309 e. The Hall–Kier alpha value is -2.96. The highest BCUT2D eigenvalue weighted by atomic mass is 32.2. The van der Waals surface area contributed by atoms with Crippen LogP contribution in [0.4, 0.5) is 0 Å². The van der Waals surface area contributed by atoms with Gasteiger partial charge in [0.25, 0.3) is 0 Å². The van der Waals surface area contributed by atoms with Gasteiger partial charge in [-0.3, -0.25) is 9.59 Å². The van der Waals surface area contributed by atoms with E-state index >= 15 is 0 Å². The SMILES string of the molecule is COc1ccc(S(=O)(=O)N2CCO[C@H]2CNC(=O)C(=O)NCCCn2ccnc2)cc1C. The molecule has 1 aromatic carbocycles. The number of aromatic nitrogens is 2. The molecule has 0 unspecified atom stereocenters. The molecule has 0 spiro atoms. The van der Waals surface area contributed by atoms with Crippen molar-refractivity contribution in [3.8, 4) is 5.75 Å². The molecule has 12 heteroatoms. The van der Waals surface area contributed by atoms with Crippen molar-refractivity contribution in [3.63, 3.8) is 0 Å². The van der Waals surface area contributed by atoms with Crippen LogP contribution in [0.3, 0.4) is 0 Å². The summed E-state index contributed by atoms with van der Waals surface area (Å²) in [6.07, 6.45) is 4.87. The number of carbonyl (C=O) groups excluding carboxylic acids is 2. The monoisotopic (exact) mass is 465 g/mol. The average molecular weight is 466 g/mol. The molecule has 2 amide bonds. The van der Waals surface area contributed by atoms with E-state index in [9.17, 15) is 18.0 Å². The van der Waals surface area contributed by atoms with Crippen LogP contribution in [-0.2, 0) is 30.9 Å². The van der Waals surface area contributed by atoms with Gasteiger partial charge in [0.1, 0.15) is 12.0 Å². The third-order valence-electron chi connectivity index (χ3n) is 5.00. The van der Waals surface area contributed by atoms with Crippen molar-refractivity contribution in [1.82, 2.24) is 24.5 Å². The van der Waals surface area contributed by atoms with E-state index in [2.05, 4.69) is 15.6 Å². The predicted octanol–water partition coefficient (Wildman–Crippen LogP) is -0.130. The van der Waals surface area contributed by atoms with E-state index in [0.717, 1.165) is 0 Å². The maximum atomic E-state index is 13.1. The fourth-order valence-corrected chi connectivity index (χ4v) is 4.91. The second-order valence-electron chi connectivity index (χ2n) is 7.19. The van der Waals surface area contributed by atoms with Crippen LogP contribution < -0.4 is 15.4 Å². The summed E-state index contributed by atoms with van der Waals surface area (Å²) in [5, 5.41) is 4.98. The van der Waals surface area contributed by atoms with E-state index in [1.54, 1.807) is 25.5 Å². The molecule has 1 aliphatic rings. The number of nitrogens with zero attached hydrogens (tertiary/aromatic N) is 3. The van der Waals surface area contributed by atoms with Gasteiger partial charge in [-0.25, -0.2) is 13.4 Å². The fraction of sp³-hybridized carbons (Fsp3) is 0.450. The molecule has 0 bridgehead atoms. The molecular weight excluding hydrogens is 438 g/mol. The van der Waals surface area contributed by atoms with Crippen LogP contribution in [0.5, 0.6) is 5.75 Å². The second kappa shape index (κ2) is 10.6. The number of carbonyl (C=O) groups is 2. The van der Waals surface area contributed by atoms with E-state index < -0.39 is 28.1 Å². The van der Waals surface area contributed by atoms with Crippen molar-refractivity contribution in [1.29, 1.82) is 0 Å². The molecule has 1 saturated heterocycles. The zero-order chi connectivity index (χ0) is 23.1. The van der Waals surface area contributed by atoms with Crippen LogP contribution >= 0.6 is 0 Å². The number of nitrogens with one attached hydrogen (secondary N) is 2. The molecule has 0 radical (unpaired) electrons. The van der Waals surface area contributed by atoms with Gasteiger partial charge in [0, 0.05) is 32.0 Å². The minimum Gasteiger partial charge on any atom is -0.496 e. The molecule has 11 nitrogen and oxygen atoms in total. The lowest BCUT2D eigenvalue weighted by Gasteiger charge is -2.23. The first kappa shape index (κ1) is 23.7. The van der Waals surface area contributed by atoms with Gasteiger partial charge in [0.2, 0.25) is 10.0 Å². The minimum absolute atomic E-state index is 0.105. The van der Waals surface area contributed by atoms with Crippen LogP contribution in [0.1, 0.15) is 12.0 Å². The normalized spacial score (nSPS) is 16.6. The summed E-state index contributed by atoms with van der Waals surface area (Å²) in [6.45, 7) is 2.93. The molecule has 174 valence electrons. The molecule has 0 aliphatic carbocycles. The fourth-order valence-electron chi connectivity index (χ4n) is 3.31. The largest absolute Gasteiger partial charge is 0.496 e. The number of rotatable bonds is 9. The smallest absolute Gasteiger partial charge is 0.309 e. The lowest BCUT2D eigenvalue weighted by molar-refractivity contribution is -0.139. The Labute approximate surface area is 186 Å². The molecular formula is C20H27N5O6S. The van der Waals surface area contributed by atoms with Crippen molar-refractivity contribution in [3.05, 3.63) is 42.5 Å². The van der Waals surface area contributed by atoms with E-state index in [0.29, 0.717) is 30.8 Å². The molecule has 2 N–H and O–H groups in total. The highest BCUT2D eigenvalue weighted by Crippen LogP contribution is 2.26. The maximum absolute atomic E-state index is 13.1. The van der Waals surface area contributed by atoms with Crippen molar-refractivity contribution in [2.75, 3.05) is 33.4 Å². The van der Waals surface area contributed by atoms with E-state index in [1.807, 2.05) is 10.8 Å². The second-order valence-corrected chi connectivity index (χ2v) is 9.08. The summed E-state index contributed by atoms with van der Waals surface area (Å²) in [5.41, 5.74) is 0.684. The van der Waals surface area contributed by atoms with Crippen molar-refractivity contribution >= 4 is 21.8 Å². The summed E-state index contributed by atoms with van der Waals surface area (Å²) in [7, 11) is -2.34. The van der Waals surface area contributed by atoms with E-state index in [4.69, 9.17) is 9.47 Å². The molecule has 1 aliphatic heterocycles. The third-order valence-corrected chi connectivity index (χ3v) is 6.88. The first-order valence-corrected chi connectivity index (χ1v) is 11.6. The molecule has 2 aromatic rings. The first-order chi connectivity index (χ1) is 15.3. The summed E-state index contributed by atoms with van der Waals surface area (Å²) >= 11 is 0. The average Bonchev–Trinajstić information content (AvgIpc) is 3.47. The van der Waals surface area contributed by atoms with Gasteiger partial charge in [0.05, 0.1) is 31.5 Å². The van der Waals surface area contributed by atoms with Crippen LogP contribution in [0.25, 0.3) is 0 Å². The Morgan fingerprint density at radius 2 is 2.06 bits per heavy atom. The molecule has 3 rings (SSSR count). The van der Waals surface area contributed by atoms with Crippen LogP contribution in [0.15, 0.2) is 41.8 Å². The summed E-state index contributed by atoms with van der Waals surface area (Å²) in [4.78, 5) is 28.1. The van der Waals surface area contributed by atoms with E-state index in [1.165, 1.54) is 23.5 Å². The number of imidazole rings is 1. The Balaban J connectivity index is 1.51. The molecule has 1 atom stereocenters. The Morgan fingerprint density at radius 3 is 2.75 bits per heavy atom. The van der Waals surface area contributed by atoms with Gasteiger partial charge in [-0.1, -0.05) is 0 Å². The van der Waals surface area contributed by atoms with E-state index in [-0.39, 0.29) is 24.6 Å². The van der Waals surface area contributed by atoms with Gasteiger partial charge < -0.3 is 24.7 Å². The summed E-state index contributed by atoms with van der Waals surface area (Å²) in [5.74, 6) is -1.05. The Bertz CT molecular complexity index is 1040. The zero-order valence-electron chi connectivity index (χ0n) is 18.0. The summed E-state index contributed by atoms with van der Waals surface area (Å²) < 4.78 is 39.8. The van der Waals surface area contributed by atoms with Crippen LogP contribution in [0.2, 0.25) is 0 Å². The Morgan fingerprint density at radius 1 is 1.28 bits per heavy atom. The van der Waals surface area contributed by atoms with Crippen LogP contribution in [0, 0.1) is 6.92 Å². The van der Waals surface area contributed by atoms with Crippen LogP contribution in [-0.4, -0.2) is 73.7 Å². The lowest BCUT2D eigenvalue weighted by Crippen LogP contribution is -2.47. The highest BCUT2D eigenvalue weighted by molar-refractivity contribution is 7.89. The number of amides is 2. The number of methoxy groups -OCH3 is 1. The van der Waals surface area contributed by atoms with Gasteiger partial charge in [-0.2, -0.15) is 4.31 Å². The van der Waals surface area contributed by atoms with Gasteiger partial charge >= 0.3 is 11.8 Å². The number of sulfonamides is 1. The van der Waals surface area contributed by atoms with Gasteiger partial charge in [-0.15, -0.1) is 0 Å². The topological polar surface area (TPSA) is 132 Å². The standard InChI is InChI=1S/C20H27N5O6S/c1-15-12-16(4-5-17(15)30-2)32(28,29)25-10-11-31-18(25)13-23-20(27)19(26)22-6-3-8-24-9-7-21-14-24/h4-5,7,9,12,14,18H,3,6,8,10-11,13H2,1-2H3,(H,22,26)(H,23,27)/t18-/m0/s1. The lowest BCUT2D eigenvalue weighted by atomic mass is 10.2. The molecule has 32 heavy (non-hydrogen) atoms. The summed E-state index contributed by atoms with van der Waals surface area (Å²) in [6, 6.07) is 4.58. The minimum atomic E-state index is -3.85. The van der Waals surface area contributed by atoms with Gasteiger partial charge in [-0.05, 0) is 37.1 Å². The number of ether oxygens (including phenoxy) is 2. The third kappa shape index (κ3) is 5.64. The number of benzene rings is 1. The molecule has 0 saturated carbocycles. The van der Waals surface area contributed by atoms with Crippen molar-refractivity contribution in [2.24, 2.45) is 0 Å². The van der Waals surface area contributed by atoms with Crippen molar-refractivity contribution < 1.29 is 27.5 Å². The first-order valence-electron chi connectivity index (χ1n) is 10.1. The quantitative estimate of drug-likeness (QED) is 0.389. The number of hydrogen-bond acceptors (Lipinski definition) is 7. The number of aryl methyl sites for hydroxylation is 2. The zero-order valence-corrected chi connectivity index (χ0v) is 18.8. The Kier molecular flexibility index (Phi) is 7.83. The predicted molar refractivity (Wildman–Crippen MR) is 114 cm³/mol. The number of hydrogen-bond donors (Lipinski definition) is 2. The molecule has 1 fully saturated rings. The van der Waals surface area contributed by atoms with Gasteiger partial charge in [0.15, 0.2) is 0 Å². The van der Waals surface area contributed by atoms with Crippen molar-refractivity contribution in [2.45, 2.75) is 31.0 Å². The molecule has 2 heterocycles.